The lowest BCUT2D eigenvalue weighted by molar-refractivity contribution is 0.347. The average molecular weight is 489 g/mol. The summed E-state index contributed by atoms with van der Waals surface area (Å²) in [6.07, 6.45) is 4.68. The van der Waals surface area contributed by atoms with Gasteiger partial charge in [0, 0.05) is 50.7 Å². The van der Waals surface area contributed by atoms with Gasteiger partial charge < -0.3 is 24.8 Å². The van der Waals surface area contributed by atoms with E-state index in [1.54, 1.807) is 34.6 Å². The van der Waals surface area contributed by atoms with Crippen LogP contribution in [-0.2, 0) is 13.1 Å². The van der Waals surface area contributed by atoms with Gasteiger partial charge in [0.25, 0.3) is 0 Å². The maximum Gasteiger partial charge on any atom is 0.191 e. The number of aromatic nitrogens is 2. The molecule has 27 heavy (non-hydrogen) atoms. The van der Waals surface area contributed by atoms with E-state index >= 15 is 0 Å². The second-order valence-electron chi connectivity index (χ2n) is 5.49. The first-order valence-electron chi connectivity index (χ1n) is 8.42. The highest BCUT2D eigenvalue weighted by Gasteiger charge is 2.12. The summed E-state index contributed by atoms with van der Waals surface area (Å²) < 4.78 is 18.0. The summed E-state index contributed by atoms with van der Waals surface area (Å²) in [5, 5.41) is 10.8. The van der Waals surface area contributed by atoms with E-state index in [2.05, 4.69) is 20.7 Å². The van der Waals surface area contributed by atoms with E-state index in [1.165, 1.54) is 0 Å². The summed E-state index contributed by atoms with van der Waals surface area (Å²) >= 11 is 0. The minimum Gasteiger partial charge on any atom is -0.496 e. The van der Waals surface area contributed by atoms with Crippen molar-refractivity contribution in [3.05, 3.63) is 36.2 Å². The predicted molar refractivity (Wildman–Crippen MR) is 117 cm³/mol. The maximum atomic E-state index is 5.45. The van der Waals surface area contributed by atoms with Gasteiger partial charge in [0.1, 0.15) is 5.75 Å². The van der Waals surface area contributed by atoms with Crippen molar-refractivity contribution in [2.24, 2.45) is 4.99 Å². The number of benzene rings is 1. The molecule has 1 aromatic heterocycles. The Kier molecular flexibility index (Phi) is 10.4. The SMILES string of the molecule is CN=C(NCCCn1cccn1)NCc1cc(OC)c(OC)cc1OC.I. The molecule has 1 heterocycles. The fourth-order valence-corrected chi connectivity index (χ4v) is 2.51. The fraction of sp³-hybridized carbons (Fsp3) is 0.444. The molecule has 0 unspecified atom stereocenters. The number of nitrogens with one attached hydrogen (secondary N) is 2. The third-order valence-corrected chi connectivity index (χ3v) is 3.87. The number of rotatable bonds is 9. The van der Waals surface area contributed by atoms with E-state index in [1.807, 2.05) is 29.1 Å². The van der Waals surface area contributed by atoms with E-state index in [0.29, 0.717) is 18.0 Å². The number of hydrogen-bond acceptors (Lipinski definition) is 5. The Morgan fingerprint density at radius 3 is 2.37 bits per heavy atom. The Balaban J connectivity index is 0.00000364. The molecule has 150 valence electrons. The van der Waals surface area contributed by atoms with Crippen LogP contribution < -0.4 is 24.8 Å². The first kappa shape index (κ1) is 22.9. The van der Waals surface area contributed by atoms with Crippen LogP contribution >= 0.6 is 24.0 Å². The minimum absolute atomic E-state index is 0. The van der Waals surface area contributed by atoms with Gasteiger partial charge in [-0.2, -0.15) is 5.10 Å². The number of nitrogens with zero attached hydrogens (tertiary/aromatic N) is 3. The molecule has 2 aromatic rings. The highest BCUT2D eigenvalue weighted by Crippen LogP contribution is 2.34. The molecule has 9 heteroatoms. The standard InChI is InChI=1S/C18H27N5O3.HI/c1-19-18(20-7-5-9-23-10-6-8-22-23)21-13-14-11-16(25-3)17(26-4)12-15(14)24-2;/h6,8,10-12H,5,7,9,13H2,1-4H3,(H2,19,20,21);1H. The Labute approximate surface area is 177 Å². The molecule has 0 aliphatic heterocycles. The van der Waals surface area contributed by atoms with Crippen molar-refractivity contribution in [3.63, 3.8) is 0 Å². The summed E-state index contributed by atoms with van der Waals surface area (Å²) in [7, 11) is 6.59. The third kappa shape index (κ3) is 6.81. The molecule has 2 N–H and O–H groups in total. The predicted octanol–water partition coefficient (Wildman–Crippen LogP) is 2.28. The number of hydrogen-bond donors (Lipinski definition) is 2. The lowest BCUT2D eigenvalue weighted by atomic mass is 10.1. The van der Waals surface area contributed by atoms with Gasteiger partial charge in [-0.1, -0.05) is 0 Å². The van der Waals surface area contributed by atoms with E-state index in [-0.39, 0.29) is 24.0 Å². The molecule has 0 aliphatic carbocycles. The Bertz CT molecular complexity index is 707. The second-order valence-corrected chi connectivity index (χ2v) is 5.49. The molecule has 1 aromatic carbocycles. The topological polar surface area (TPSA) is 81.9 Å². The fourth-order valence-electron chi connectivity index (χ4n) is 2.51. The molecule has 0 saturated heterocycles. The van der Waals surface area contributed by atoms with E-state index < -0.39 is 0 Å². The van der Waals surface area contributed by atoms with Gasteiger partial charge in [-0.25, -0.2) is 0 Å². The van der Waals surface area contributed by atoms with Crippen LogP contribution in [0.1, 0.15) is 12.0 Å². The zero-order valence-corrected chi connectivity index (χ0v) is 18.5. The van der Waals surface area contributed by atoms with Crippen LogP contribution in [0.5, 0.6) is 17.2 Å². The normalized spacial score (nSPS) is 10.7. The molecule has 0 spiro atoms. The van der Waals surface area contributed by atoms with Crippen LogP contribution in [0.25, 0.3) is 0 Å². The van der Waals surface area contributed by atoms with Gasteiger partial charge in [-0.15, -0.1) is 24.0 Å². The largest absolute Gasteiger partial charge is 0.496 e. The average Bonchev–Trinajstić information content (AvgIpc) is 3.20. The van der Waals surface area contributed by atoms with Crippen molar-refractivity contribution in [1.29, 1.82) is 0 Å². The van der Waals surface area contributed by atoms with E-state index in [9.17, 15) is 0 Å². The van der Waals surface area contributed by atoms with Gasteiger partial charge in [-0.05, 0) is 18.6 Å². The highest BCUT2D eigenvalue weighted by atomic mass is 127. The molecule has 0 aliphatic rings. The molecule has 0 saturated carbocycles. The van der Waals surface area contributed by atoms with Gasteiger partial charge in [0.2, 0.25) is 0 Å². The van der Waals surface area contributed by atoms with E-state index in [0.717, 1.165) is 36.8 Å². The Morgan fingerprint density at radius 1 is 1.07 bits per heavy atom. The Hall–Kier alpha value is -2.17. The highest BCUT2D eigenvalue weighted by molar-refractivity contribution is 14.0. The van der Waals surface area contributed by atoms with Crippen molar-refractivity contribution in [3.8, 4) is 17.2 Å². The molecular weight excluding hydrogens is 461 g/mol. The molecule has 0 radical (unpaired) electrons. The van der Waals surface area contributed by atoms with Crippen molar-refractivity contribution >= 4 is 29.9 Å². The van der Waals surface area contributed by atoms with Crippen molar-refractivity contribution in [2.75, 3.05) is 34.9 Å². The van der Waals surface area contributed by atoms with Crippen LogP contribution in [0.2, 0.25) is 0 Å². The molecular formula is C18H28IN5O3. The van der Waals surface area contributed by atoms with Crippen LogP contribution in [0.3, 0.4) is 0 Å². The summed E-state index contributed by atoms with van der Waals surface area (Å²) in [5.74, 6) is 2.74. The summed E-state index contributed by atoms with van der Waals surface area (Å²) in [4.78, 5) is 4.24. The number of aryl methyl sites for hydroxylation is 1. The van der Waals surface area contributed by atoms with Gasteiger partial charge in [0.05, 0.1) is 21.3 Å². The summed E-state index contributed by atoms with van der Waals surface area (Å²) in [6, 6.07) is 5.64. The molecule has 2 rings (SSSR count). The zero-order valence-electron chi connectivity index (χ0n) is 16.2. The smallest absolute Gasteiger partial charge is 0.191 e. The van der Waals surface area contributed by atoms with Crippen LogP contribution in [0, 0.1) is 0 Å². The zero-order chi connectivity index (χ0) is 18.8. The molecule has 0 bridgehead atoms. The van der Waals surface area contributed by atoms with Gasteiger partial charge in [-0.3, -0.25) is 9.67 Å². The number of aliphatic imine (C=N–C) groups is 1. The van der Waals surface area contributed by atoms with E-state index in [4.69, 9.17) is 14.2 Å². The Morgan fingerprint density at radius 2 is 1.78 bits per heavy atom. The molecule has 0 fully saturated rings. The molecule has 0 atom stereocenters. The number of halogens is 1. The molecule has 8 nitrogen and oxygen atoms in total. The second kappa shape index (κ2) is 12.3. The lowest BCUT2D eigenvalue weighted by Gasteiger charge is -2.16. The first-order chi connectivity index (χ1) is 12.7. The first-order valence-corrected chi connectivity index (χ1v) is 8.42. The van der Waals surface area contributed by atoms with Crippen LogP contribution in [0.15, 0.2) is 35.6 Å². The van der Waals surface area contributed by atoms with Crippen LogP contribution in [-0.4, -0.2) is 50.7 Å². The molecule has 0 amide bonds. The maximum absolute atomic E-state index is 5.45. The van der Waals surface area contributed by atoms with Gasteiger partial charge in [0.15, 0.2) is 17.5 Å². The lowest BCUT2D eigenvalue weighted by Crippen LogP contribution is -2.37. The summed E-state index contributed by atoms with van der Waals surface area (Å²) in [5.41, 5.74) is 0.949. The number of ether oxygens (including phenoxy) is 3. The monoisotopic (exact) mass is 489 g/mol. The van der Waals surface area contributed by atoms with Gasteiger partial charge >= 0.3 is 0 Å². The quantitative estimate of drug-likeness (QED) is 0.244. The minimum atomic E-state index is 0. The third-order valence-electron chi connectivity index (χ3n) is 3.87. The number of methoxy groups -OCH3 is 3. The summed E-state index contributed by atoms with van der Waals surface area (Å²) in [6.45, 7) is 2.20. The van der Waals surface area contributed by atoms with Crippen molar-refractivity contribution in [1.82, 2.24) is 20.4 Å². The van der Waals surface area contributed by atoms with Crippen molar-refractivity contribution < 1.29 is 14.2 Å². The van der Waals surface area contributed by atoms with Crippen molar-refractivity contribution in [2.45, 2.75) is 19.5 Å². The van der Waals surface area contributed by atoms with Crippen LogP contribution in [0.4, 0.5) is 0 Å². The number of guanidine groups is 1.